The van der Waals surface area contributed by atoms with Crippen LogP contribution in [0.1, 0.15) is 49.0 Å². The van der Waals surface area contributed by atoms with Crippen LogP contribution in [0.2, 0.25) is 0 Å². The SMILES string of the molecule is Cc1ccc(/C=C2\SC(=S)N(CCC(=O)N(Cc3ccc(N4CCCCC4)o3)C3CCS(=O)(=O)C3)C2=O)cc1. The molecule has 1 unspecified atom stereocenters. The minimum atomic E-state index is -3.19. The van der Waals surface area contributed by atoms with Crippen molar-refractivity contribution in [3.05, 3.63) is 58.2 Å². The molecular formula is C28H33N3O5S3. The van der Waals surface area contributed by atoms with E-state index in [2.05, 4.69) is 4.90 Å². The average molecular weight is 588 g/mol. The fourth-order valence-corrected chi connectivity index (χ4v) is 8.24. The first-order chi connectivity index (χ1) is 18.7. The van der Waals surface area contributed by atoms with Gasteiger partial charge in [0.15, 0.2) is 15.7 Å². The van der Waals surface area contributed by atoms with Crippen molar-refractivity contribution < 1.29 is 22.4 Å². The number of aryl methyl sites for hydroxylation is 1. The number of carbonyl (C=O) groups is 2. The average Bonchev–Trinajstić information content (AvgIpc) is 3.60. The number of hydrogen-bond acceptors (Lipinski definition) is 8. The van der Waals surface area contributed by atoms with Crippen LogP contribution >= 0.6 is 24.0 Å². The first kappa shape index (κ1) is 27.9. The quantitative estimate of drug-likeness (QED) is 0.332. The summed E-state index contributed by atoms with van der Waals surface area (Å²) in [5.74, 6) is 0.986. The second-order valence-electron chi connectivity index (χ2n) is 10.4. The van der Waals surface area contributed by atoms with Gasteiger partial charge >= 0.3 is 0 Å². The van der Waals surface area contributed by atoms with E-state index in [0.717, 1.165) is 42.9 Å². The predicted octanol–water partition coefficient (Wildman–Crippen LogP) is 4.39. The van der Waals surface area contributed by atoms with Crippen molar-refractivity contribution in [3.8, 4) is 0 Å². The first-order valence-corrected chi connectivity index (χ1v) is 16.4. The summed E-state index contributed by atoms with van der Waals surface area (Å²) in [5.41, 5.74) is 2.04. The molecule has 3 saturated heterocycles. The smallest absolute Gasteiger partial charge is 0.266 e. The summed E-state index contributed by atoms with van der Waals surface area (Å²) < 4.78 is 31.0. The molecule has 0 aliphatic carbocycles. The number of piperidine rings is 1. The van der Waals surface area contributed by atoms with Gasteiger partial charge in [0.2, 0.25) is 5.91 Å². The van der Waals surface area contributed by atoms with Crippen molar-refractivity contribution in [2.24, 2.45) is 0 Å². The van der Waals surface area contributed by atoms with Crippen LogP contribution in [0.25, 0.3) is 6.08 Å². The second kappa shape index (κ2) is 11.9. The molecule has 0 radical (unpaired) electrons. The number of rotatable bonds is 8. The monoisotopic (exact) mass is 587 g/mol. The molecule has 0 saturated carbocycles. The summed E-state index contributed by atoms with van der Waals surface area (Å²) in [6, 6.07) is 11.2. The lowest BCUT2D eigenvalue weighted by atomic mass is 10.1. The van der Waals surface area contributed by atoms with Crippen LogP contribution in [0.4, 0.5) is 5.88 Å². The van der Waals surface area contributed by atoms with Crippen molar-refractivity contribution in [1.82, 2.24) is 9.80 Å². The van der Waals surface area contributed by atoms with Gasteiger partial charge in [-0.1, -0.05) is 53.8 Å². The van der Waals surface area contributed by atoms with Crippen molar-refractivity contribution in [2.75, 3.05) is 36.0 Å². The van der Waals surface area contributed by atoms with Gasteiger partial charge in [-0.15, -0.1) is 0 Å². The van der Waals surface area contributed by atoms with Gasteiger partial charge in [0, 0.05) is 38.2 Å². The highest BCUT2D eigenvalue weighted by Gasteiger charge is 2.37. The minimum absolute atomic E-state index is 0.0422. The van der Waals surface area contributed by atoms with E-state index >= 15 is 0 Å². The molecule has 2 aromatic rings. The lowest BCUT2D eigenvalue weighted by molar-refractivity contribution is -0.134. The van der Waals surface area contributed by atoms with Crippen LogP contribution < -0.4 is 4.90 Å². The Hall–Kier alpha value is -2.63. The molecule has 1 aromatic carbocycles. The number of thioether (sulfide) groups is 1. The molecule has 39 heavy (non-hydrogen) atoms. The molecule has 8 nitrogen and oxygen atoms in total. The van der Waals surface area contributed by atoms with E-state index in [1.54, 1.807) is 4.90 Å². The topological polar surface area (TPSA) is 91.1 Å². The number of carbonyl (C=O) groups excluding carboxylic acids is 2. The molecule has 4 heterocycles. The molecule has 3 aliphatic rings. The molecule has 1 atom stereocenters. The van der Waals surface area contributed by atoms with Gasteiger partial charge in [0.1, 0.15) is 10.1 Å². The third-order valence-corrected chi connectivity index (χ3v) is 10.5. The number of amides is 2. The predicted molar refractivity (Wildman–Crippen MR) is 158 cm³/mol. The molecule has 11 heteroatoms. The summed E-state index contributed by atoms with van der Waals surface area (Å²) >= 11 is 6.69. The fourth-order valence-electron chi connectivity index (χ4n) is 5.20. The fraction of sp³-hybridized carbons (Fsp3) is 0.464. The Kier molecular flexibility index (Phi) is 8.49. The van der Waals surface area contributed by atoms with E-state index in [1.807, 2.05) is 49.4 Å². The zero-order valence-electron chi connectivity index (χ0n) is 22.0. The van der Waals surface area contributed by atoms with Crippen molar-refractivity contribution in [1.29, 1.82) is 0 Å². The van der Waals surface area contributed by atoms with Crippen molar-refractivity contribution in [3.63, 3.8) is 0 Å². The molecular weight excluding hydrogens is 555 g/mol. The summed E-state index contributed by atoms with van der Waals surface area (Å²) in [5, 5.41) is 0. The maximum atomic E-state index is 13.5. The van der Waals surface area contributed by atoms with E-state index in [9.17, 15) is 18.0 Å². The third-order valence-electron chi connectivity index (χ3n) is 7.41. The van der Waals surface area contributed by atoms with Gasteiger partial charge in [-0.2, -0.15) is 0 Å². The number of sulfone groups is 1. The summed E-state index contributed by atoms with van der Waals surface area (Å²) in [7, 11) is -3.19. The number of furan rings is 1. The Morgan fingerprint density at radius 2 is 1.90 bits per heavy atom. The number of thiocarbonyl (C=S) groups is 1. The van der Waals surface area contributed by atoms with Gasteiger partial charge < -0.3 is 14.2 Å². The van der Waals surface area contributed by atoms with Crippen LogP contribution in [0.5, 0.6) is 0 Å². The Bertz CT molecular complexity index is 1380. The molecule has 208 valence electrons. The largest absolute Gasteiger partial charge is 0.444 e. The lowest BCUT2D eigenvalue weighted by Crippen LogP contribution is -2.42. The maximum absolute atomic E-state index is 13.5. The van der Waals surface area contributed by atoms with E-state index in [0.29, 0.717) is 21.4 Å². The van der Waals surface area contributed by atoms with Gasteiger partial charge in [0.25, 0.3) is 5.91 Å². The summed E-state index contributed by atoms with van der Waals surface area (Å²) in [6.45, 7) is 4.22. The van der Waals surface area contributed by atoms with Crippen LogP contribution in [-0.4, -0.2) is 71.5 Å². The Morgan fingerprint density at radius 3 is 2.59 bits per heavy atom. The zero-order valence-corrected chi connectivity index (χ0v) is 24.5. The summed E-state index contributed by atoms with van der Waals surface area (Å²) in [6.07, 6.45) is 5.71. The summed E-state index contributed by atoms with van der Waals surface area (Å²) in [4.78, 5) is 32.4. The number of benzene rings is 1. The Morgan fingerprint density at radius 1 is 1.15 bits per heavy atom. The molecule has 0 spiro atoms. The van der Waals surface area contributed by atoms with Crippen molar-refractivity contribution in [2.45, 2.75) is 51.6 Å². The first-order valence-electron chi connectivity index (χ1n) is 13.3. The number of anilines is 1. The number of nitrogens with zero attached hydrogens (tertiary/aromatic N) is 3. The molecule has 0 N–H and O–H groups in total. The van der Waals surface area contributed by atoms with Crippen LogP contribution in [0, 0.1) is 6.92 Å². The highest BCUT2D eigenvalue weighted by Crippen LogP contribution is 2.33. The Labute approximate surface area is 239 Å². The van der Waals surface area contributed by atoms with E-state index < -0.39 is 15.9 Å². The molecule has 1 aromatic heterocycles. The molecule has 0 bridgehead atoms. The maximum Gasteiger partial charge on any atom is 0.266 e. The molecule has 3 fully saturated rings. The van der Waals surface area contributed by atoms with E-state index in [4.69, 9.17) is 16.6 Å². The Balaban J connectivity index is 1.26. The normalized spacial score (nSPS) is 22.2. The van der Waals surface area contributed by atoms with E-state index in [-0.39, 0.29) is 42.8 Å². The number of hydrogen-bond donors (Lipinski definition) is 0. The lowest BCUT2D eigenvalue weighted by Gasteiger charge is -2.29. The standard InChI is InChI=1S/C28H33N3O5S3/c1-20-5-7-21(8-6-20)17-24-27(33)30(28(37)38-24)15-11-25(32)31(22-12-16-39(34,35)19-22)18-23-9-10-26(36-23)29-13-3-2-4-14-29/h5-10,17,22H,2-4,11-16,18-19H2,1H3/b24-17-. The van der Waals surface area contributed by atoms with Gasteiger partial charge in [-0.3, -0.25) is 14.5 Å². The van der Waals surface area contributed by atoms with Crippen molar-refractivity contribution >= 4 is 61.9 Å². The third kappa shape index (κ3) is 6.75. The van der Waals surface area contributed by atoms with E-state index in [1.165, 1.54) is 23.1 Å². The van der Waals surface area contributed by atoms with Gasteiger partial charge in [-0.05, 0) is 50.3 Å². The van der Waals surface area contributed by atoms with Crippen LogP contribution in [0.15, 0.2) is 45.7 Å². The molecule has 5 rings (SSSR count). The van der Waals surface area contributed by atoms with Crippen LogP contribution in [0.3, 0.4) is 0 Å². The highest BCUT2D eigenvalue weighted by atomic mass is 32.2. The molecule has 3 aliphatic heterocycles. The second-order valence-corrected chi connectivity index (χ2v) is 14.3. The van der Waals surface area contributed by atoms with Gasteiger partial charge in [-0.25, -0.2) is 8.42 Å². The minimum Gasteiger partial charge on any atom is -0.444 e. The molecule has 2 amide bonds. The van der Waals surface area contributed by atoms with Crippen LogP contribution in [-0.2, 0) is 26.0 Å². The highest BCUT2D eigenvalue weighted by molar-refractivity contribution is 8.26. The zero-order chi connectivity index (χ0) is 27.6. The van der Waals surface area contributed by atoms with Gasteiger partial charge in [0.05, 0.1) is 23.0 Å².